The highest BCUT2D eigenvalue weighted by molar-refractivity contribution is 9.10. The van der Waals surface area contributed by atoms with Gasteiger partial charge in [-0.25, -0.2) is 4.98 Å². The minimum absolute atomic E-state index is 0.267. The third-order valence-corrected chi connectivity index (χ3v) is 4.14. The number of benzene rings is 1. The van der Waals surface area contributed by atoms with E-state index in [4.69, 9.17) is 4.74 Å². The van der Waals surface area contributed by atoms with Crippen LogP contribution in [-0.4, -0.2) is 40.3 Å². The first-order valence-corrected chi connectivity index (χ1v) is 8.70. The Morgan fingerprint density at radius 3 is 2.83 bits per heavy atom. The number of fused-ring (bicyclic) bond motifs is 1. The van der Waals surface area contributed by atoms with Gasteiger partial charge in [-0.3, -0.25) is 0 Å². The van der Waals surface area contributed by atoms with Crippen molar-refractivity contribution in [1.29, 1.82) is 0 Å². The Morgan fingerprint density at radius 2 is 2.04 bits per heavy atom. The minimum atomic E-state index is -0.547. The Hall–Kier alpha value is -1.89. The van der Waals surface area contributed by atoms with Crippen LogP contribution in [0.2, 0.25) is 0 Å². The summed E-state index contributed by atoms with van der Waals surface area (Å²) < 4.78 is 8.57. The minimum Gasteiger partial charge on any atom is -0.491 e. The first-order chi connectivity index (χ1) is 11.7. The molecule has 6 heteroatoms. The smallest absolute Gasteiger partial charge is 0.136 e. The summed E-state index contributed by atoms with van der Waals surface area (Å²) in [4.78, 5) is 4.54. The van der Waals surface area contributed by atoms with Crippen molar-refractivity contribution in [3.63, 3.8) is 0 Å². The normalized spacial score (nSPS) is 12.4. The van der Waals surface area contributed by atoms with Crippen LogP contribution in [0.1, 0.15) is 5.69 Å². The number of pyridine rings is 1. The molecule has 0 spiro atoms. The number of hydrogen-bond donors (Lipinski definition) is 2. The number of aliphatic hydroxyl groups excluding tert-OH is 1. The zero-order valence-electron chi connectivity index (χ0n) is 13.2. The standard InChI is InChI=1S/C18H20BrN3O2/c19-14-4-6-17(7-5-14)24-13-16(23)11-20-9-8-15-12-22-10-2-1-3-18(22)21-15/h1-7,10,12,16,20,23H,8-9,11,13H2. The lowest BCUT2D eigenvalue weighted by atomic mass is 10.3. The van der Waals surface area contributed by atoms with Crippen LogP contribution in [0.15, 0.2) is 59.3 Å². The topological polar surface area (TPSA) is 58.8 Å². The van der Waals surface area contributed by atoms with Gasteiger partial charge in [-0.05, 0) is 36.4 Å². The summed E-state index contributed by atoms with van der Waals surface area (Å²) in [7, 11) is 0. The number of aliphatic hydroxyl groups is 1. The number of imidazole rings is 1. The van der Waals surface area contributed by atoms with E-state index in [0.717, 1.165) is 34.5 Å². The van der Waals surface area contributed by atoms with Gasteiger partial charge in [-0.2, -0.15) is 0 Å². The van der Waals surface area contributed by atoms with Crippen molar-refractivity contribution in [1.82, 2.24) is 14.7 Å². The molecule has 5 nitrogen and oxygen atoms in total. The predicted molar refractivity (Wildman–Crippen MR) is 97.4 cm³/mol. The molecule has 0 fully saturated rings. The van der Waals surface area contributed by atoms with E-state index in [9.17, 15) is 5.11 Å². The second kappa shape index (κ2) is 8.28. The van der Waals surface area contributed by atoms with Crippen LogP contribution in [0.4, 0.5) is 0 Å². The average molecular weight is 390 g/mol. The van der Waals surface area contributed by atoms with Gasteiger partial charge in [0, 0.05) is 36.4 Å². The van der Waals surface area contributed by atoms with E-state index in [0.29, 0.717) is 6.54 Å². The lowest BCUT2D eigenvalue weighted by molar-refractivity contribution is 0.106. The van der Waals surface area contributed by atoms with Gasteiger partial charge in [-0.1, -0.05) is 22.0 Å². The second-order valence-electron chi connectivity index (χ2n) is 5.57. The largest absolute Gasteiger partial charge is 0.491 e. The van der Waals surface area contributed by atoms with E-state index >= 15 is 0 Å². The number of rotatable bonds is 8. The number of halogens is 1. The molecule has 0 aliphatic rings. The first-order valence-electron chi connectivity index (χ1n) is 7.90. The van der Waals surface area contributed by atoms with Gasteiger partial charge in [0.2, 0.25) is 0 Å². The lowest BCUT2D eigenvalue weighted by Crippen LogP contribution is -2.32. The van der Waals surface area contributed by atoms with Crippen molar-refractivity contribution in [2.75, 3.05) is 19.7 Å². The summed E-state index contributed by atoms with van der Waals surface area (Å²) in [6.07, 6.45) is 4.30. The maximum atomic E-state index is 9.96. The van der Waals surface area contributed by atoms with E-state index in [1.807, 2.05) is 59.3 Å². The Morgan fingerprint density at radius 1 is 1.21 bits per heavy atom. The summed E-state index contributed by atoms with van der Waals surface area (Å²) in [5.41, 5.74) is 1.99. The van der Waals surface area contributed by atoms with Crippen LogP contribution in [0.25, 0.3) is 5.65 Å². The second-order valence-corrected chi connectivity index (χ2v) is 6.49. The zero-order chi connectivity index (χ0) is 16.8. The SMILES string of the molecule is OC(CNCCc1cn2ccccc2n1)COc1ccc(Br)cc1. The number of aromatic nitrogens is 2. The van der Waals surface area contributed by atoms with Crippen molar-refractivity contribution in [2.45, 2.75) is 12.5 Å². The van der Waals surface area contributed by atoms with E-state index in [1.54, 1.807) is 0 Å². The molecule has 126 valence electrons. The van der Waals surface area contributed by atoms with Crippen LogP contribution in [-0.2, 0) is 6.42 Å². The van der Waals surface area contributed by atoms with Gasteiger partial charge in [0.15, 0.2) is 0 Å². The molecule has 3 aromatic rings. The quantitative estimate of drug-likeness (QED) is 0.581. The van der Waals surface area contributed by atoms with E-state index < -0.39 is 6.10 Å². The molecule has 2 heterocycles. The maximum Gasteiger partial charge on any atom is 0.136 e. The number of nitrogens with one attached hydrogen (secondary N) is 1. The molecule has 24 heavy (non-hydrogen) atoms. The number of nitrogens with zero attached hydrogens (tertiary/aromatic N) is 2. The van der Waals surface area contributed by atoms with Crippen LogP contribution in [0.3, 0.4) is 0 Å². The fourth-order valence-corrected chi connectivity index (χ4v) is 2.64. The van der Waals surface area contributed by atoms with Crippen LogP contribution >= 0.6 is 15.9 Å². The molecule has 1 atom stereocenters. The van der Waals surface area contributed by atoms with Crippen molar-refractivity contribution in [3.8, 4) is 5.75 Å². The van der Waals surface area contributed by atoms with Crippen molar-refractivity contribution < 1.29 is 9.84 Å². The highest BCUT2D eigenvalue weighted by Gasteiger charge is 2.06. The summed E-state index contributed by atoms with van der Waals surface area (Å²) in [6, 6.07) is 13.5. The van der Waals surface area contributed by atoms with Gasteiger partial charge < -0.3 is 19.6 Å². The molecule has 0 saturated heterocycles. The third kappa shape index (κ3) is 4.80. The molecule has 0 bridgehead atoms. The molecule has 2 aromatic heterocycles. The fourth-order valence-electron chi connectivity index (χ4n) is 2.37. The molecule has 0 amide bonds. The molecule has 1 aromatic carbocycles. The molecular formula is C18H20BrN3O2. The molecular weight excluding hydrogens is 370 g/mol. The molecule has 0 saturated carbocycles. The Balaban J connectivity index is 1.35. The maximum absolute atomic E-state index is 9.96. The summed E-state index contributed by atoms with van der Waals surface area (Å²) in [6.45, 7) is 1.52. The summed E-state index contributed by atoms with van der Waals surface area (Å²) >= 11 is 3.38. The van der Waals surface area contributed by atoms with Gasteiger partial charge in [0.05, 0.1) is 5.69 Å². The average Bonchev–Trinajstić information content (AvgIpc) is 3.01. The first kappa shape index (κ1) is 17.0. The molecule has 0 aliphatic carbocycles. The van der Waals surface area contributed by atoms with Crippen LogP contribution in [0, 0.1) is 0 Å². The third-order valence-electron chi connectivity index (χ3n) is 3.61. The van der Waals surface area contributed by atoms with Crippen LogP contribution in [0.5, 0.6) is 5.75 Å². The summed E-state index contributed by atoms with van der Waals surface area (Å²) in [5.74, 6) is 0.752. The monoisotopic (exact) mass is 389 g/mol. The lowest BCUT2D eigenvalue weighted by Gasteiger charge is -2.13. The van der Waals surface area contributed by atoms with E-state index in [1.165, 1.54) is 0 Å². The van der Waals surface area contributed by atoms with Gasteiger partial charge in [0.25, 0.3) is 0 Å². The van der Waals surface area contributed by atoms with Gasteiger partial charge in [0.1, 0.15) is 24.1 Å². The van der Waals surface area contributed by atoms with Gasteiger partial charge in [-0.15, -0.1) is 0 Å². The highest BCUT2D eigenvalue weighted by atomic mass is 79.9. The van der Waals surface area contributed by atoms with Crippen molar-refractivity contribution >= 4 is 21.6 Å². The highest BCUT2D eigenvalue weighted by Crippen LogP contribution is 2.16. The molecule has 1 unspecified atom stereocenters. The Kier molecular flexibility index (Phi) is 5.85. The molecule has 3 rings (SSSR count). The van der Waals surface area contributed by atoms with E-state index in [-0.39, 0.29) is 6.61 Å². The number of ether oxygens (including phenoxy) is 1. The number of hydrogen-bond acceptors (Lipinski definition) is 4. The zero-order valence-corrected chi connectivity index (χ0v) is 14.8. The summed E-state index contributed by atoms with van der Waals surface area (Å²) in [5, 5.41) is 13.2. The van der Waals surface area contributed by atoms with Crippen molar-refractivity contribution in [3.05, 3.63) is 65.0 Å². The van der Waals surface area contributed by atoms with E-state index in [2.05, 4.69) is 26.2 Å². The Labute approximate surface area is 149 Å². The Bertz CT molecular complexity index is 740. The molecule has 2 N–H and O–H groups in total. The predicted octanol–water partition coefficient (Wildman–Crippen LogP) is 2.67. The fraction of sp³-hybridized carbons (Fsp3) is 0.278. The van der Waals surface area contributed by atoms with Crippen LogP contribution < -0.4 is 10.1 Å². The van der Waals surface area contributed by atoms with Crippen molar-refractivity contribution in [2.24, 2.45) is 0 Å². The molecule has 0 aliphatic heterocycles. The van der Waals surface area contributed by atoms with Gasteiger partial charge >= 0.3 is 0 Å². The molecule has 0 radical (unpaired) electrons.